The van der Waals surface area contributed by atoms with Gasteiger partial charge in [0.25, 0.3) is 11.8 Å². The first-order valence-electron chi connectivity index (χ1n) is 6.16. The molecule has 1 aromatic carbocycles. The van der Waals surface area contributed by atoms with Gasteiger partial charge in [-0.3, -0.25) is 14.6 Å². The molecule has 5 nitrogen and oxygen atoms in total. The van der Waals surface area contributed by atoms with Crippen LogP contribution in [0.25, 0.3) is 0 Å². The molecule has 2 amide bonds. The van der Waals surface area contributed by atoms with Gasteiger partial charge in [0.05, 0.1) is 5.56 Å². The van der Waals surface area contributed by atoms with Gasteiger partial charge in [-0.1, -0.05) is 6.07 Å². The van der Waals surface area contributed by atoms with E-state index < -0.39 is 0 Å². The fraction of sp³-hybridized carbons (Fsp3) is 0.133. The molecule has 0 aliphatic carbocycles. The third kappa shape index (κ3) is 3.20. The zero-order valence-electron chi connectivity index (χ0n) is 11.3. The maximum atomic E-state index is 12.0. The maximum absolute atomic E-state index is 12.0. The third-order valence-electron chi connectivity index (χ3n) is 2.78. The molecule has 0 aliphatic heterocycles. The van der Waals surface area contributed by atoms with Crippen LogP contribution in [0.5, 0.6) is 0 Å². The van der Waals surface area contributed by atoms with Crippen LogP contribution in [0.1, 0.15) is 26.4 Å². The highest BCUT2D eigenvalue weighted by Gasteiger charge is 2.08. The van der Waals surface area contributed by atoms with E-state index in [1.54, 1.807) is 43.4 Å². The Balaban J connectivity index is 2.15. The van der Waals surface area contributed by atoms with Gasteiger partial charge in [-0.05, 0) is 37.3 Å². The quantitative estimate of drug-likeness (QED) is 0.895. The Morgan fingerprint density at radius 2 is 1.85 bits per heavy atom. The number of nitrogens with zero attached hydrogens (tertiary/aromatic N) is 1. The van der Waals surface area contributed by atoms with E-state index in [1.807, 2.05) is 6.92 Å². The van der Waals surface area contributed by atoms with Crippen molar-refractivity contribution in [3.63, 3.8) is 0 Å². The Hall–Kier alpha value is -2.69. The highest BCUT2D eigenvalue weighted by atomic mass is 16.2. The summed E-state index contributed by atoms with van der Waals surface area (Å²) in [7, 11) is 1.56. The molecule has 0 bridgehead atoms. The van der Waals surface area contributed by atoms with E-state index >= 15 is 0 Å². The molecule has 0 saturated heterocycles. The number of aryl methyl sites for hydroxylation is 1. The number of nitrogens with one attached hydrogen (secondary N) is 2. The van der Waals surface area contributed by atoms with E-state index in [0.29, 0.717) is 16.8 Å². The predicted molar refractivity (Wildman–Crippen MR) is 76.8 cm³/mol. The van der Waals surface area contributed by atoms with E-state index in [-0.39, 0.29) is 11.8 Å². The molecule has 2 aromatic rings. The Morgan fingerprint density at radius 3 is 2.50 bits per heavy atom. The van der Waals surface area contributed by atoms with E-state index in [0.717, 1.165) is 5.69 Å². The van der Waals surface area contributed by atoms with Crippen molar-refractivity contribution in [1.29, 1.82) is 0 Å². The lowest BCUT2D eigenvalue weighted by molar-refractivity contribution is 0.0961. The van der Waals surface area contributed by atoms with Crippen LogP contribution in [0.4, 0.5) is 5.69 Å². The van der Waals surface area contributed by atoms with Gasteiger partial charge >= 0.3 is 0 Å². The first kappa shape index (κ1) is 13.7. The van der Waals surface area contributed by atoms with Gasteiger partial charge in [0.1, 0.15) is 0 Å². The number of rotatable bonds is 3. The Labute approximate surface area is 117 Å². The molecule has 20 heavy (non-hydrogen) atoms. The second-order valence-corrected chi connectivity index (χ2v) is 4.30. The molecule has 0 radical (unpaired) electrons. The number of benzene rings is 1. The summed E-state index contributed by atoms with van der Waals surface area (Å²) in [6.45, 7) is 1.86. The van der Waals surface area contributed by atoms with Gasteiger partial charge in [-0.2, -0.15) is 0 Å². The van der Waals surface area contributed by atoms with Gasteiger partial charge in [-0.25, -0.2) is 0 Å². The number of hydrogen-bond acceptors (Lipinski definition) is 3. The molecule has 0 atom stereocenters. The fourth-order valence-corrected chi connectivity index (χ4v) is 1.69. The van der Waals surface area contributed by atoms with E-state index in [4.69, 9.17) is 0 Å². The van der Waals surface area contributed by atoms with Crippen molar-refractivity contribution in [1.82, 2.24) is 10.3 Å². The molecule has 5 heteroatoms. The Bertz CT molecular complexity index is 636. The van der Waals surface area contributed by atoms with Gasteiger partial charge in [0, 0.05) is 30.2 Å². The van der Waals surface area contributed by atoms with Gasteiger partial charge < -0.3 is 10.6 Å². The smallest absolute Gasteiger partial charge is 0.257 e. The third-order valence-corrected chi connectivity index (χ3v) is 2.78. The lowest BCUT2D eigenvalue weighted by atomic mass is 10.1. The summed E-state index contributed by atoms with van der Waals surface area (Å²) >= 11 is 0. The number of hydrogen-bond donors (Lipinski definition) is 2. The van der Waals surface area contributed by atoms with Crippen molar-refractivity contribution >= 4 is 17.5 Å². The number of carbonyl (C=O) groups excluding carboxylic acids is 2. The number of carbonyl (C=O) groups is 2. The first-order chi connectivity index (χ1) is 9.60. The molecular formula is C15H15N3O2. The Morgan fingerprint density at radius 1 is 1.05 bits per heavy atom. The number of pyridine rings is 1. The van der Waals surface area contributed by atoms with Crippen molar-refractivity contribution in [2.24, 2.45) is 0 Å². The number of aromatic nitrogens is 1. The molecule has 0 fully saturated rings. The van der Waals surface area contributed by atoms with Gasteiger partial charge in [0.15, 0.2) is 0 Å². The second-order valence-electron chi connectivity index (χ2n) is 4.30. The predicted octanol–water partition coefficient (Wildman–Crippen LogP) is 2.00. The molecular weight excluding hydrogens is 254 g/mol. The summed E-state index contributed by atoms with van der Waals surface area (Å²) in [5, 5.41) is 5.28. The topological polar surface area (TPSA) is 71.1 Å². The number of amides is 2. The largest absolute Gasteiger partial charge is 0.355 e. The molecule has 1 heterocycles. The molecule has 0 saturated carbocycles. The molecule has 0 spiro atoms. The minimum Gasteiger partial charge on any atom is -0.355 e. The van der Waals surface area contributed by atoms with Crippen LogP contribution < -0.4 is 10.6 Å². The second kappa shape index (κ2) is 5.97. The van der Waals surface area contributed by atoms with Crippen LogP contribution in [0.3, 0.4) is 0 Å². The zero-order chi connectivity index (χ0) is 14.5. The fourth-order valence-electron chi connectivity index (χ4n) is 1.69. The van der Waals surface area contributed by atoms with Crippen molar-refractivity contribution in [3.05, 3.63) is 59.4 Å². The molecule has 0 aliphatic rings. The van der Waals surface area contributed by atoms with Crippen molar-refractivity contribution < 1.29 is 9.59 Å². The van der Waals surface area contributed by atoms with Crippen LogP contribution in [0.2, 0.25) is 0 Å². The highest BCUT2D eigenvalue weighted by Crippen LogP contribution is 2.12. The average Bonchev–Trinajstić information content (AvgIpc) is 2.47. The van der Waals surface area contributed by atoms with E-state index in [2.05, 4.69) is 15.6 Å². The highest BCUT2D eigenvalue weighted by molar-refractivity contribution is 6.04. The molecule has 1 aromatic heterocycles. The summed E-state index contributed by atoms with van der Waals surface area (Å²) in [4.78, 5) is 27.6. The van der Waals surface area contributed by atoms with E-state index in [1.165, 1.54) is 6.20 Å². The standard InChI is InChI=1S/C15H15N3O2/c1-10-6-7-12(9-17-10)15(20)18-13-5-3-4-11(8-13)14(19)16-2/h3-9H,1-2H3,(H,16,19)(H,18,20). The average molecular weight is 269 g/mol. The van der Waals surface area contributed by atoms with E-state index in [9.17, 15) is 9.59 Å². The van der Waals surface area contributed by atoms with Crippen molar-refractivity contribution in [2.45, 2.75) is 6.92 Å². The summed E-state index contributed by atoms with van der Waals surface area (Å²) in [6.07, 6.45) is 1.52. The molecule has 2 rings (SSSR count). The molecule has 0 unspecified atom stereocenters. The lowest BCUT2D eigenvalue weighted by Crippen LogP contribution is -2.18. The molecule has 102 valence electrons. The minimum atomic E-state index is -0.258. The minimum absolute atomic E-state index is 0.196. The van der Waals surface area contributed by atoms with Crippen molar-refractivity contribution in [2.75, 3.05) is 12.4 Å². The maximum Gasteiger partial charge on any atom is 0.257 e. The summed E-state index contributed by atoms with van der Waals surface area (Å²) in [5.41, 5.74) is 2.38. The summed E-state index contributed by atoms with van der Waals surface area (Å²) in [6, 6.07) is 10.2. The zero-order valence-corrected chi connectivity index (χ0v) is 11.3. The van der Waals surface area contributed by atoms with Crippen LogP contribution in [0.15, 0.2) is 42.6 Å². The normalized spacial score (nSPS) is 9.90. The van der Waals surface area contributed by atoms with Crippen LogP contribution in [-0.2, 0) is 0 Å². The summed E-state index contributed by atoms with van der Waals surface area (Å²) < 4.78 is 0. The van der Waals surface area contributed by atoms with Crippen molar-refractivity contribution in [3.8, 4) is 0 Å². The van der Waals surface area contributed by atoms with Gasteiger partial charge in [-0.15, -0.1) is 0 Å². The first-order valence-corrected chi connectivity index (χ1v) is 6.16. The van der Waals surface area contributed by atoms with Crippen LogP contribution >= 0.6 is 0 Å². The monoisotopic (exact) mass is 269 g/mol. The van der Waals surface area contributed by atoms with Crippen LogP contribution in [-0.4, -0.2) is 23.8 Å². The lowest BCUT2D eigenvalue weighted by Gasteiger charge is -2.07. The molecule has 2 N–H and O–H groups in total. The summed E-state index contributed by atoms with van der Waals surface area (Å²) in [5.74, 6) is -0.454. The Kier molecular flexibility index (Phi) is 4.10. The van der Waals surface area contributed by atoms with Crippen LogP contribution in [0, 0.1) is 6.92 Å². The van der Waals surface area contributed by atoms with Gasteiger partial charge in [0.2, 0.25) is 0 Å². The SMILES string of the molecule is CNC(=O)c1cccc(NC(=O)c2ccc(C)nc2)c1. The number of anilines is 1.